The fourth-order valence-corrected chi connectivity index (χ4v) is 3.46. The molecule has 1 heterocycles. The normalized spacial score (nSPS) is 15.4. The predicted octanol–water partition coefficient (Wildman–Crippen LogP) is 3.60. The van der Waals surface area contributed by atoms with Crippen LogP contribution in [0.2, 0.25) is 0 Å². The maximum absolute atomic E-state index is 13.3. The average Bonchev–Trinajstić information content (AvgIpc) is 2.59. The van der Waals surface area contributed by atoms with Gasteiger partial charge in [0.2, 0.25) is 0 Å². The van der Waals surface area contributed by atoms with Crippen LogP contribution >= 0.6 is 0 Å². The largest absolute Gasteiger partial charge is 0.488 e. The van der Waals surface area contributed by atoms with Crippen LogP contribution in [0.1, 0.15) is 57.5 Å². The van der Waals surface area contributed by atoms with E-state index >= 15 is 0 Å². The molecule has 0 bridgehead atoms. The molecule has 9 nitrogen and oxygen atoms in total. The summed E-state index contributed by atoms with van der Waals surface area (Å²) in [6.45, 7) is 13.4. The molecular weight excluding hydrogens is 443 g/mol. The van der Waals surface area contributed by atoms with E-state index in [0.717, 1.165) is 0 Å². The first-order valence-corrected chi connectivity index (χ1v) is 11.5. The molecular formula is C21H31FN2O7S. The second-order valence-electron chi connectivity index (χ2n) is 9.55. The van der Waals surface area contributed by atoms with Crippen molar-refractivity contribution in [2.75, 3.05) is 31.1 Å². The van der Waals surface area contributed by atoms with Gasteiger partial charge in [0.05, 0.1) is 5.56 Å². The van der Waals surface area contributed by atoms with Crippen molar-refractivity contribution in [2.45, 2.75) is 59.7 Å². The van der Waals surface area contributed by atoms with E-state index in [0.29, 0.717) is 31.9 Å². The van der Waals surface area contributed by atoms with Gasteiger partial charge < -0.3 is 23.5 Å². The van der Waals surface area contributed by atoms with Gasteiger partial charge in [-0.1, -0.05) is 3.89 Å². The van der Waals surface area contributed by atoms with Gasteiger partial charge in [0.1, 0.15) is 11.2 Å². The standard InChI is InChI=1S/C21H31FN2O7S/c1-14-16(18(25)29-20(2,3)4)12-15(13-17(14)31-32(22,27)28)23-8-10-24(11-9-23)19(26)30-21(5,6)7/h12-13H,8-11H2,1-7H3. The van der Waals surface area contributed by atoms with Crippen LogP contribution in [-0.2, 0) is 20.0 Å². The summed E-state index contributed by atoms with van der Waals surface area (Å²) in [4.78, 5) is 28.4. The lowest BCUT2D eigenvalue weighted by molar-refractivity contribution is 0.00678. The van der Waals surface area contributed by atoms with Gasteiger partial charge in [0.15, 0.2) is 5.75 Å². The lowest BCUT2D eigenvalue weighted by Gasteiger charge is -2.37. The number of halogens is 1. The first kappa shape index (κ1) is 25.7. The Hall–Kier alpha value is -2.56. The molecule has 0 unspecified atom stereocenters. The first-order chi connectivity index (χ1) is 14.5. The number of benzene rings is 1. The van der Waals surface area contributed by atoms with E-state index in [9.17, 15) is 21.9 Å². The Labute approximate surface area is 188 Å². The number of esters is 1. The number of rotatable bonds is 4. The Morgan fingerprint density at radius 1 is 0.938 bits per heavy atom. The monoisotopic (exact) mass is 474 g/mol. The summed E-state index contributed by atoms with van der Waals surface area (Å²) in [7, 11) is -5.30. The van der Waals surface area contributed by atoms with E-state index in [1.165, 1.54) is 13.0 Å². The fourth-order valence-electron chi connectivity index (χ4n) is 3.07. The molecule has 0 N–H and O–H groups in total. The molecule has 0 radical (unpaired) electrons. The lowest BCUT2D eigenvalue weighted by Crippen LogP contribution is -2.50. The molecule has 1 aromatic carbocycles. The van der Waals surface area contributed by atoms with Crippen LogP contribution in [0.4, 0.5) is 14.4 Å². The molecule has 0 aliphatic carbocycles. The van der Waals surface area contributed by atoms with Gasteiger partial charge in [0.25, 0.3) is 0 Å². The van der Waals surface area contributed by atoms with Crippen LogP contribution in [0.15, 0.2) is 12.1 Å². The second-order valence-corrected chi connectivity index (χ2v) is 10.5. The Morgan fingerprint density at radius 2 is 1.47 bits per heavy atom. The number of amides is 1. The third-order valence-electron chi connectivity index (χ3n) is 4.45. The predicted molar refractivity (Wildman–Crippen MR) is 117 cm³/mol. The molecule has 0 spiro atoms. The molecule has 1 aromatic rings. The van der Waals surface area contributed by atoms with Crippen LogP contribution in [0, 0.1) is 6.92 Å². The van der Waals surface area contributed by atoms with Crippen molar-refractivity contribution < 1.29 is 35.5 Å². The quantitative estimate of drug-likeness (QED) is 0.482. The molecule has 180 valence electrons. The van der Waals surface area contributed by atoms with Crippen molar-refractivity contribution in [3.8, 4) is 5.75 Å². The smallest absolute Gasteiger partial charge is 0.456 e. The summed E-state index contributed by atoms with van der Waals surface area (Å²) < 4.78 is 50.8. The van der Waals surface area contributed by atoms with Crippen molar-refractivity contribution in [3.05, 3.63) is 23.3 Å². The summed E-state index contributed by atoms with van der Waals surface area (Å²) in [6, 6.07) is 2.90. The van der Waals surface area contributed by atoms with Gasteiger partial charge in [0, 0.05) is 43.5 Å². The van der Waals surface area contributed by atoms with E-state index in [1.807, 2.05) is 4.90 Å². The average molecular weight is 475 g/mol. The van der Waals surface area contributed by atoms with Crippen molar-refractivity contribution >= 4 is 28.3 Å². The van der Waals surface area contributed by atoms with Crippen LogP contribution in [0.5, 0.6) is 5.75 Å². The third-order valence-corrected chi connectivity index (χ3v) is 4.83. The fraction of sp³-hybridized carbons (Fsp3) is 0.619. The van der Waals surface area contributed by atoms with Gasteiger partial charge >= 0.3 is 22.6 Å². The van der Waals surface area contributed by atoms with Gasteiger partial charge in [-0.15, -0.1) is 0 Å². The second kappa shape index (κ2) is 9.13. The number of carbonyl (C=O) groups excluding carboxylic acids is 2. The number of ether oxygens (including phenoxy) is 2. The molecule has 0 atom stereocenters. The molecule has 1 aliphatic heterocycles. The summed E-state index contributed by atoms with van der Waals surface area (Å²) in [5.74, 6) is -0.995. The zero-order valence-corrected chi connectivity index (χ0v) is 20.3. The number of hydrogen-bond acceptors (Lipinski definition) is 8. The van der Waals surface area contributed by atoms with Crippen molar-refractivity contribution in [2.24, 2.45) is 0 Å². The van der Waals surface area contributed by atoms with E-state index in [-0.39, 0.29) is 16.9 Å². The molecule has 11 heteroatoms. The number of carbonyl (C=O) groups is 2. The van der Waals surface area contributed by atoms with E-state index in [4.69, 9.17) is 9.47 Å². The van der Waals surface area contributed by atoms with Crippen molar-refractivity contribution in [1.82, 2.24) is 4.90 Å². The highest BCUT2D eigenvalue weighted by molar-refractivity contribution is 7.81. The Balaban J connectivity index is 2.31. The van der Waals surface area contributed by atoms with Gasteiger partial charge in [-0.05, 0) is 54.5 Å². The molecule has 1 saturated heterocycles. The van der Waals surface area contributed by atoms with Gasteiger partial charge in [-0.3, -0.25) is 0 Å². The zero-order chi connectivity index (χ0) is 24.5. The topological polar surface area (TPSA) is 102 Å². The highest BCUT2D eigenvalue weighted by Gasteiger charge is 2.28. The SMILES string of the molecule is Cc1c(OS(=O)(=O)F)cc(N2CCN(C(=O)OC(C)(C)C)CC2)cc1C(=O)OC(C)(C)C. The highest BCUT2D eigenvalue weighted by Crippen LogP contribution is 2.32. The molecule has 32 heavy (non-hydrogen) atoms. The van der Waals surface area contributed by atoms with Gasteiger partial charge in [-0.25, -0.2) is 9.59 Å². The van der Waals surface area contributed by atoms with E-state index in [2.05, 4.69) is 4.18 Å². The lowest BCUT2D eigenvalue weighted by atomic mass is 10.0. The van der Waals surface area contributed by atoms with E-state index < -0.39 is 33.8 Å². The summed E-state index contributed by atoms with van der Waals surface area (Å²) >= 11 is 0. The molecule has 0 saturated carbocycles. The highest BCUT2D eigenvalue weighted by atomic mass is 32.3. The van der Waals surface area contributed by atoms with Crippen LogP contribution in [0.3, 0.4) is 0 Å². The maximum atomic E-state index is 13.3. The summed E-state index contributed by atoms with van der Waals surface area (Å²) in [6.07, 6.45) is -0.428. The number of nitrogens with zero attached hydrogens (tertiary/aromatic N) is 2. The summed E-state index contributed by atoms with van der Waals surface area (Å²) in [5, 5.41) is 0. The Kier molecular flexibility index (Phi) is 7.33. The molecule has 1 aliphatic rings. The Bertz CT molecular complexity index is 973. The van der Waals surface area contributed by atoms with Crippen molar-refractivity contribution in [1.29, 1.82) is 0 Å². The van der Waals surface area contributed by atoms with E-state index in [1.54, 1.807) is 52.5 Å². The van der Waals surface area contributed by atoms with Crippen molar-refractivity contribution in [3.63, 3.8) is 0 Å². The minimum Gasteiger partial charge on any atom is -0.456 e. The molecule has 1 amide bonds. The molecule has 2 rings (SSSR count). The number of piperazine rings is 1. The molecule has 0 aromatic heterocycles. The minimum atomic E-state index is -5.30. The van der Waals surface area contributed by atoms with Crippen LogP contribution in [0.25, 0.3) is 0 Å². The summed E-state index contributed by atoms with van der Waals surface area (Å²) in [5.41, 5.74) is -0.759. The zero-order valence-electron chi connectivity index (χ0n) is 19.5. The van der Waals surface area contributed by atoms with Crippen LogP contribution in [-0.4, -0.2) is 62.8 Å². The molecule has 1 fully saturated rings. The number of anilines is 1. The third kappa shape index (κ3) is 7.54. The number of hydrogen-bond donors (Lipinski definition) is 0. The minimum absolute atomic E-state index is 0.0608. The van der Waals surface area contributed by atoms with Crippen LogP contribution < -0.4 is 9.08 Å². The Morgan fingerprint density at radius 3 is 1.94 bits per heavy atom. The first-order valence-electron chi connectivity index (χ1n) is 10.2. The maximum Gasteiger partial charge on any atom is 0.488 e. The van der Waals surface area contributed by atoms with Gasteiger partial charge in [-0.2, -0.15) is 8.42 Å².